The minimum Gasteiger partial charge on any atom is -0.375 e. The highest BCUT2D eigenvalue weighted by atomic mass is 16.5. The van der Waals surface area contributed by atoms with Gasteiger partial charge in [0.2, 0.25) is 5.91 Å². The zero-order valence-corrected chi connectivity index (χ0v) is 13.2. The van der Waals surface area contributed by atoms with Crippen LogP contribution in [0.15, 0.2) is 24.8 Å². The first-order valence-electron chi connectivity index (χ1n) is 7.83. The predicted molar refractivity (Wildman–Crippen MR) is 84.5 cm³/mol. The second kappa shape index (κ2) is 7.32. The minimum atomic E-state index is 0.0736. The average Bonchev–Trinajstić information content (AvgIpc) is 3.10. The molecule has 1 amide bonds. The highest BCUT2D eigenvalue weighted by molar-refractivity contribution is 5.77. The van der Waals surface area contributed by atoms with Crippen LogP contribution in [0, 0.1) is 5.92 Å². The second-order valence-electron chi connectivity index (χ2n) is 5.80. The van der Waals surface area contributed by atoms with Crippen molar-refractivity contribution in [3.8, 4) is 11.3 Å². The van der Waals surface area contributed by atoms with Crippen LogP contribution in [-0.4, -0.2) is 57.8 Å². The van der Waals surface area contributed by atoms with Gasteiger partial charge in [-0.3, -0.25) is 19.9 Å². The summed E-state index contributed by atoms with van der Waals surface area (Å²) >= 11 is 0. The Kier molecular flexibility index (Phi) is 4.97. The molecule has 0 atom stereocenters. The molecule has 0 radical (unpaired) electrons. The van der Waals surface area contributed by atoms with Crippen molar-refractivity contribution < 1.29 is 9.53 Å². The number of H-pyrrole nitrogens is 1. The van der Waals surface area contributed by atoms with Crippen molar-refractivity contribution in [3.05, 3.63) is 30.5 Å². The highest BCUT2D eigenvalue weighted by Gasteiger charge is 2.24. The molecule has 3 heterocycles. The molecule has 1 fully saturated rings. The summed E-state index contributed by atoms with van der Waals surface area (Å²) in [6.45, 7) is 1.74. The first kappa shape index (κ1) is 15.6. The zero-order valence-electron chi connectivity index (χ0n) is 13.2. The zero-order chi connectivity index (χ0) is 16.1. The molecule has 2 aromatic heterocycles. The smallest absolute Gasteiger partial charge is 0.248 e. The van der Waals surface area contributed by atoms with Gasteiger partial charge in [0, 0.05) is 44.4 Å². The molecule has 0 aromatic carbocycles. The number of carbonyl (C=O) groups excluding carboxylic acids is 1. The summed E-state index contributed by atoms with van der Waals surface area (Å²) in [6.07, 6.45) is 9.88. The fourth-order valence-electron chi connectivity index (χ4n) is 3.01. The molecule has 7 nitrogen and oxygen atoms in total. The molecule has 2 aromatic rings. The van der Waals surface area contributed by atoms with Crippen molar-refractivity contribution in [3.63, 3.8) is 0 Å². The number of amides is 1. The number of aromatic amines is 1. The maximum Gasteiger partial charge on any atom is 0.248 e. The van der Waals surface area contributed by atoms with E-state index in [1.54, 1.807) is 25.7 Å². The van der Waals surface area contributed by atoms with Crippen LogP contribution in [0.1, 0.15) is 18.5 Å². The number of piperidine rings is 1. The van der Waals surface area contributed by atoms with Crippen molar-refractivity contribution in [1.29, 1.82) is 0 Å². The van der Waals surface area contributed by atoms with Crippen LogP contribution in [0.4, 0.5) is 0 Å². The van der Waals surface area contributed by atoms with Crippen LogP contribution in [0.3, 0.4) is 0 Å². The summed E-state index contributed by atoms with van der Waals surface area (Å²) in [4.78, 5) is 22.7. The number of methoxy groups -OCH3 is 1. The number of hydrogen-bond donors (Lipinski definition) is 1. The van der Waals surface area contributed by atoms with E-state index in [0.717, 1.165) is 49.3 Å². The summed E-state index contributed by atoms with van der Waals surface area (Å²) in [7, 11) is 1.55. The monoisotopic (exact) mass is 315 g/mol. The fraction of sp³-hybridized carbons (Fsp3) is 0.500. The first-order valence-corrected chi connectivity index (χ1v) is 7.83. The third-order valence-corrected chi connectivity index (χ3v) is 4.26. The Bertz CT molecular complexity index is 636. The molecule has 1 saturated heterocycles. The van der Waals surface area contributed by atoms with E-state index < -0.39 is 0 Å². The van der Waals surface area contributed by atoms with Crippen LogP contribution in [-0.2, 0) is 16.0 Å². The van der Waals surface area contributed by atoms with Gasteiger partial charge in [0.15, 0.2) is 0 Å². The molecule has 1 N–H and O–H groups in total. The van der Waals surface area contributed by atoms with Crippen molar-refractivity contribution >= 4 is 5.91 Å². The van der Waals surface area contributed by atoms with Crippen molar-refractivity contribution in [2.24, 2.45) is 5.92 Å². The maximum absolute atomic E-state index is 11.8. The Morgan fingerprint density at radius 3 is 2.83 bits per heavy atom. The molecule has 0 aliphatic carbocycles. The van der Waals surface area contributed by atoms with Crippen LogP contribution in [0.25, 0.3) is 11.3 Å². The predicted octanol–water partition coefficient (Wildman–Crippen LogP) is 1.29. The van der Waals surface area contributed by atoms with Gasteiger partial charge in [0.05, 0.1) is 17.6 Å². The molecule has 23 heavy (non-hydrogen) atoms. The van der Waals surface area contributed by atoms with E-state index >= 15 is 0 Å². The van der Waals surface area contributed by atoms with E-state index in [2.05, 4.69) is 20.2 Å². The molecule has 0 saturated carbocycles. The Morgan fingerprint density at radius 2 is 2.13 bits per heavy atom. The standard InChI is InChI=1S/C16H21N5O2/c1-23-11-15(22)21-6-2-12(3-7-21)8-14-16(18-5-4-17-14)13-9-19-20-10-13/h4-5,9-10,12H,2-3,6-8,11H2,1H3,(H,19,20). The maximum atomic E-state index is 11.8. The molecule has 0 bridgehead atoms. The van der Waals surface area contributed by atoms with Gasteiger partial charge in [-0.25, -0.2) is 0 Å². The van der Waals surface area contributed by atoms with Crippen LogP contribution in [0.5, 0.6) is 0 Å². The quantitative estimate of drug-likeness (QED) is 0.899. The van der Waals surface area contributed by atoms with Gasteiger partial charge < -0.3 is 9.64 Å². The number of aromatic nitrogens is 4. The Labute approximate surface area is 135 Å². The van der Waals surface area contributed by atoms with Gasteiger partial charge in [0.25, 0.3) is 0 Å². The van der Waals surface area contributed by atoms with Gasteiger partial charge in [-0.05, 0) is 25.2 Å². The third kappa shape index (κ3) is 3.73. The molecule has 122 valence electrons. The highest BCUT2D eigenvalue weighted by Crippen LogP contribution is 2.25. The molecule has 7 heteroatoms. The Morgan fingerprint density at radius 1 is 1.35 bits per heavy atom. The lowest BCUT2D eigenvalue weighted by Crippen LogP contribution is -2.40. The molecule has 0 unspecified atom stereocenters. The van der Waals surface area contributed by atoms with E-state index in [4.69, 9.17) is 4.74 Å². The van der Waals surface area contributed by atoms with Crippen LogP contribution < -0.4 is 0 Å². The summed E-state index contributed by atoms with van der Waals surface area (Å²) in [5, 5.41) is 6.80. The molecule has 0 spiro atoms. The third-order valence-electron chi connectivity index (χ3n) is 4.26. The largest absolute Gasteiger partial charge is 0.375 e. The first-order chi connectivity index (χ1) is 11.3. The van der Waals surface area contributed by atoms with Gasteiger partial charge in [-0.2, -0.15) is 5.10 Å². The van der Waals surface area contributed by atoms with Crippen molar-refractivity contribution in [2.75, 3.05) is 26.8 Å². The topological polar surface area (TPSA) is 84.0 Å². The van der Waals surface area contributed by atoms with Crippen molar-refractivity contribution in [2.45, 2.75) is 19.3 Å². The number of hydrogen-bond acceptors (Lipinski definition) is 5. The lowest BCUT2D eigenvalue weighted by atomic mass is 9.91. The Balaban J connectivity index is 1.63. The molecular formula is C16H21N5O2. The van der Waals surface area contributed by atoms with Crippen LogP contribution in [0.2, 0.25) is 0 Å². The lowest BCUT2D eigenvalue weighted by Gasteiger charge is -2.32. The van der Waals surface area contributed by atoms with Crippen molar-refractivity contribution in [1.82, 2.24) is 25.1 Å². The number of nitrogens with one attached hydrogen (secondary N) is 1. The number of nitrogens with zero attached hydrogens (tertiary/aromatic N) is 4. The van der Waals surface area contributed by atoms with Gasteiger partial charge in [-0.15, -0.1) is 0 Å². The summed E-state index contributed by atoms with van der Waals surface area (Å²) in [5.74, 6) is 0.591. The SMILES string of the molecule is COCC(=O)N1CCC(Cc2nccnc2-c2cn[nH]c2)CC1. The normalized spacial score (nSPS) is 15.8. The fourth-order valence-corrected chi connectivity index (χ4v) is 3.01. The van der Waals surface area contributed by atoms with Crippen LogP contribution >= 0.6 is 0 Å². The molecule has 1 aliphatic heterocycles. The van der Waals surface area contributed by atoms with E-state index in [-0.39, 0.29) is 12.5 Å². The summed E-state index contributed by atoms with van der Waals surface area (Å²) < 4.78 is 4.92. The number of carbonyl (C=O) groups is 1. The van der Waals surface area contributed by atoms with E-state index in [0.29, 0.717) is 5.92 Å². The summed E-state index contributed by atoms with van der Waals surface area (Å²) in [6, 6.07) is 0. The number of ether oxygens (including phenoxy) is 1. The minimum absolute atomic E-state index is 0.0736. The average molecular weight is 315 g/mol. The van der Waals surface area contributed by atoms with Gasteiger partial charge in [-0.1, -0.05) is 0 Å². The van der Waals surface area contributed by atoms with E-state index in [1.807, 2.05) is 11.1 Å². The second-order valence-corrected chi connectivity index (χ2v) is 5.80. The molecule has 3 rings (SSSR count). The molecular weight excluding hydrogens is 294 g/mol. The van der Waals surface area contributed by atoms with E-state index in [1.165, 1.54) is 0 Å². The van der Waals surface area contributed by atoms with E-state index in [9.17, 15) is 4.79 Å². The van der Waals surface area contributed by atoms with Gasteiger partial charge in [0.1, 0.15) is 6.61 Å². The summed E-state index contributed by atoms with van der Waals surface area (Å²) in [5.41, 5.74) is 2.84. The number of rotatable bonds is 5. The van der Waals surface area contributed by atoms with Gasteiger partial charge >= 0.3 is 0 Å². The lowest BCUT2D eigenvalue weighted by molar-refractivity contribution is -0.136. The Hall–Kier alpha value is -2.28. The number of likely N-dealkylation sites (tertiary alicyclic amines) is 1. The molecule has 1 aliphatic rings.